The lowest BCUT2D eigenvalue weighted by Crippen LogP contribution is -2.36. The van der Waals surface area contributed by atoms with Crippen molar-refractivity contribution in [2.24, 2.45) is 0 Å². The molecule has 0 saturated carbocycles. The molecule has 2 heterocycles. The summed E-state index contributed by atoms with van der Waals surface area (Å²) in [5, 5.41) is 2.21. The predicted octanol–water partition coefficient (Wildman–Crippen LogP) is 4.86. The Kier molecular flexibility index (Phi) is 7.12. The normalized spacial score (nSPS) is 14.4. The molecule has 0 spiro atoms. The van der Waals surface area contributed by atoms with Crippen LogP contribution < -0.4 is 5.32 Å². The molecule has 3 amide bonds. The molecule has 184 valence electrons. The van der Waals surface area contributed by atoms with Gasteiger partial charge in [-0.05, 0) is 80.6 Å². The summed E-state index contributed by atoms with van der Waals surface area (Å²) in [6, 6.07) is 16.2. The van der Waals surface area contributed by atoms with Crippen molar-refractivity contribution in [2.75, 3.05) is 19.0 Å². The van der Waals surface area contributed by atoms with Crippen LogP contribution in [0.2, 0.25) is 0 Å². The first kappa shape index (κ1) is 25.0. The molecule has 4 rings (SSSR count). The zero-order valence-electron chi connectivity index (χ0n) is 20.3. The van der Waals surface area contributed by atoms with E-state index >= 15 is 0 Å². The maximum Gasteiger partial charge on any atom is 0.337 e. The smallest absolute Gasteiger partial charge is 0.337 e. The topological polar surface area (TPSA) is 97.7 Å². The maximum absolute atomic E-state index is 13.0. The largest absolute Gasteiger partial charge is 0.465 e. The summed E-state index contributed by atoms with van der Waals surface area (Å²) < 4.78 is 6.77. The highest BCUT2D eigenvalue weighted by Crippen LogP contribution is 2.33. The summed E-state index contributed by atoms with van der Waals surface area (Å²) in [5.74, 6) is -1.40. The highest BCUT2D eigenvalue weighted by molar-refractivity contribution is 8.18. The van der Waals surface area contributed by atoms with E-state index < -0.39 is 23.0 Å². The molecule has 1 N–H and O–H groups in total. The number of carbonyl (C=O) groups is 4. The third-order valence-electron chi connectivity index (χ3n) is 5.79. The van der Waals surface area contributed by atoms with E-state index in [1.54, 1.807) is 36.4 Å². The number of amides is 3. The summed E-state index contributed by atoms with van der Waals surface area (Å²) in [6.45, 7) is 5.38. The Morgan fingerprint density at radius 3 is 2.44 bits per heavy atom. The first-order valence-electron chi connectivity index (χ1n) is 11.2. The van der Waals surface area contributed by atoms with Crippen molar-refractivity contribution < 1.29 is 23.9 Å². The van der Waals surface area contributed by atoms with Gasteiger partial charge >= 0.3 is 5.97 Å². The van der Waals surface area contributed by atoms with Gasteiger partial charge in [-0.15, -0.1) is 0 Å². The van der Waals surface area contributed by atoms with Crippen molar-refractivity contribution in [2.45, 2.75) is 20.8 Å². The molecule has 8 nitrogen and oxygen atoms in total. The van der Waals surface area contributed by atoms with Gasteiger partial charge in [0.05, 0.1) is 17.6 Å². The Hall–Kier alpha value is -4.11. The fraction of sp³-hybridized carbons (Fsp3) is 0.185. The lowest BCUT2D eigenvalue weighted by molar-refractivity contribution is -0.127. The Labute approximate surface area is 212 Å². The molecule has 1 aliphatic rings. The van der Waals surface area contributed by atoms with Crippen LogP contribution in [0.15, 0.2) is 59.5 Å². The lowest BCUT2D eigenvalue weighted by atomic mass is 10.2. The number of carbonyl (C=O) groups excluding carboxylic acids is 4. The molecule has 0 aliphatic carbocycles. The number of ether oxygens (including phenoxy) is 1. The highest BCUT2D eigenvalue weighted by atomic mass is 32.2. The molecule has 3 aromatic rings. The van der Waals surface area contributed by atoms with Crippen LogP contribution in [-0.2, 0) is 14.3 Å². The first-order chi connectivity index (χ1) is 17.2. The average Bonchev–Trinajstić information content (AvgIpc) is 3.28. The third-order valence-corrected chi connectivity index (χ3v) is 6.70. The lowest BCUT2D eigenvalue weighted by Gasteiger charge is -2.12. The van der Waals surface area contributed by atoms with Crippen LogP contribution in [0, 0.1) is 20.8 Å². The zero-order chi connectivity index (χ0) is 26.0. The Balaban J connectivity index is 1.54. The van der Waals surface area contributed by atoms with Gasteiger partial charge in [-0.25, -0.2) is 4.79 Å². The van der Waals surface area contributed by atoms with Gasteiger partial charge in [0.1, 0.15) is 6.54 Å². The number of methoxy groups -OCH3 is 1. The van der Waals surface area contributed by atoms with Crippen LogP contribution in [0.4, 0.5) is 10.5 Å². The number of hydrogen-bond donors (Lipinski definition) is 1. The standard InChI is InChI=1S/C27H25N3O5S/c1-16-8-10-21(11-9-16)28-24(31)15-29-25(32)23(36-27(29)34)14-20-12-17(2)30(18(20)3)22-7-5-6-19(13-22)26(33)35-4/h5-14H,15H2,1-4H3,(H,28,31)/b23-14+. The number of thioether (sulfide) groups is 1. The molecule has 0 atom stereocenters. The summed E-state index contributed by atoms with van der Waals surface area (Å²) in [6.07, 6.45) is 1.66. The predicted molar refractivity (Wildman–Crippen MR) is 139 cm³/mol. The fourth-order valence-electron chi connectivity index (χ4n) is 3.98. The molecule has 1 aromatic heterocycles. The first-order valence-corrected chi connectivity index (χ1v) is 12.0. The SMILES string of the molecule is COC(=O)c1cccc(-n2c(C)cc(/C=C3/SC(=O)N(CC(=O)Nc4ccc(C)cc4)C3=O)c2C)c1. The average molecular weight is 504 g/mol. The van der Waals surface area contributed by atoms with Crippen molar-refractivity contribution in [1.29, 1.82) is 0 Å². The number of imide groups is 1. The van der Waals surface area contributed by atoms with Gasteiger partial charge in [0.25, 0.3) is 11.1 Å². The van der Waals surface area contributed by atoms with Crippen molar-refractivity contribution in [3.05, 3.63) is 87.6 Å². The van der Waals surface area contributed by atoms with Gasteiger partial charge in [-0.3, -0.25) is 19.3 Å². The second kappa shape index (κ2) is 10.2. The quantitative estimate of drug-likeness (QED) is 0.381. The van der Waals surface area contributed by atoms with Crippen LogP contribution in [0.25, 0.3) is 11.8 Å². The second-order valence-corrected chi connectivity index (χ2v) is 9.38. The van der Waals surface area contributed by atoms with Crippen LogP contribution in [0.5, 0.6) is 0 Å². The van der Waals surface area contributed by atoms with Gasteiger partial charge in [0.15, 0.2) is 0 Å². The number of hydrogen-bond acceptors (Lipinski definition) is 6. The monoisotopic (exact) mass is 503 g/mol. The van der Waals surface area contributed by atoms with Gasteiger partial charge < -0.3 is 14.6 Å². The van der Waals surface area contributed by atoms with E-state index in [2.05, 4.69) is 5.32 Å². The summed E-state index contributed by atoms with van der Waals surface area (Å²) >= 11 is 0.804. The highest BCUT2D eigenvalue weighted by Gasteiger charge is 2.36. The number of benzene rings is 2. The molecule has 0 bridgehead atoms. The third kappa shape index (κ3) is 5.11. The van der Waals surface area contributed by atoms with E-state index in [0.29, 0.717) is 11.3 Å². The minimum atomic E-state index is -0.512. The van der Waals surface area contributed by atoms with Crippen molar-refractivity contribution in [3.63, 3.8) is 0 Å². The number of rotatable bonds is 6. The molecular weight excluding hydrogens is 478 g/mol. The van der Waals surface area contributed by atoms with Crippen LogP contribution in [0.3, 0.4) is 0 Å². The van der Waals surface area contributed by atoms with E-state index in [9.17, 15) is 19.2 Å². The van der Waals surface area contributed by atoms with Gasteiger partial charge in [-0.2, -0.15) is 0 Å². The van der Waals surface area contributed by atoms with Crippen LogP contribution in [0.1, 0.15) is 32.9 Å². The van der Waals surface area contributed by atoms with Crippen molar-refractivity contribution in [3.8, 4) is 5.69 Å². The number of nitrogens with one attached hydrogen (secondary N) is 1. The van der Waals surface area contributed by atoms with Gasteiger partial charge in [0, 0.05) is 22.8 Å². The minimum absolute atomic E-state index is 0.242. The molecule has 0 radical (unpaired) electrons. The molecule has 9 heteroatoms. The van der Waals surface area contributed by atoms with Crippen molar-refractivity contribution in [1.82, 2.24) is 9.47 Å². The van der Waals surface area contributed by atoms with Crippen LogP contribution in [-0.4, -0.2) is 46.1 Å². The second-order valence-electron chi connectivity index (χ2n) is 8.39. The summed E-state index contributed by atoms with van der Waals surface area (Å²) in [5.41, 5.74) is 5.32. The van der Waals surface area contributed by atoms with E-state index in [-0.39, 0.29) is 11.4 Å². The van der Waals surface area contributed by atoms with Gasteiger partial charge in [-0.1, -0.05) is 23.8 Å². The molecular formula is C27H25N3O5S. The number of nitrogens with zero attached hydrogens (tertiary/aromatic N) is 2. The number of anilines is 1. The molecule has 36 heavy (non-hydrogen) atoms. The fourth-order valence-corrected chi connectivity index (χ4v) is 4.81. The van der Waals surface area contributed by atoms with E-state index in [0.717, 1.165) is 44.9 Å². The Bertz CT molecular complexity index is 1410. The zero-order valence-corrected chi connectivity index (χ0v) is 21.1. The minimum Gasteiger partial charge on any atom is -0.465 e. The molecule has 1 aliphatic heterocycles. The van der Waals surface area contributed by atoms with E-state index in [1.165, 1.54) is 7.11 Å². The Morgan fingerprint density at radius 1 is 1.03 bits per heavy atom. The Morgan fingerprint density at radius 2 is 1.75 bits per heavy atom. The molecule has 2 aromatic carbocycles. The van der Waals surface area contributed by atoms with E-state index in [4.69, 9.17) is 4.74 Å². The summed E-state index contributed by atoms with van der Waals surface area (Å²) in [7, 11) is 1.33. The maximum atomic E-state index is 13.0. The number of aryl methyl sites for hydroxylation is 2. The number of esters is 1. The molecule has 1 fully saturated rings. The van der Waals surface area contributed by atoms with Gasteiger partial charge in [0.2, 0.25) is 5.91 Å². The van der Waals surface area contributed by atoms with Crippen LogP contribution >= 0.6 is 11.8 Å². The van der Waals surface area contributed by atoms with Crippen molar-refractivity contribution >= 4 is 46.5 Å². The van der Waals surface area contributed by atoms with E-state index in [1.807, 2.05) is 49.6 Å². The summed E-state index contributed by atoms with van der Waals surface area (Å²) in [4.78, 5) is 51.1. The molecule has 0 unspecified atom stereocenters. The number of aromatic nitrogens is 1. The molecule has 1 saturated heterocycles.